The summed E-state index contributed by atoms with van der Waals surface area (Å²) >= 11 is 1.51. The molecule has 0 aliphatic carbocycles. The molecule has 0 radical (unpaired) electrons. The molecular weight excluding hydrogens is 649 g/mol. The number of carbonyl (C=O) groups is 2. The summed E-state index contributed by atoms with van der Waals surface area (Å²) in [7, 11) is 1.89. The average Bonchev–Trinajstić information content (AvgIpc) is 3.54. The quantitative estimate of drug-likeness (QED) is 0.149. The molecule has 10 nitrogen and oxygen atoms in total. The maximum atomic E-state index is 11.7. The standard InChI is InChI=1S/C20H29N3O2.C19H27N3O2S/c1-13(24)25-18-15(19(2,3)4)11-14(12-16(18)20(5,6)7)22-17-9-10-21-23(17)8;1-11-21-22-17(25-11)20-13-9-14(18(3,4)5)16(24-12(2)23)15(10-13)19(6,7)8/h9-12,22H,1-8H3;9-10H,1-8H3,(H,20,22). The van der Waals surface area contributed by atoms with Crippen molar-refractivity contribution in [1.82, 2.24) is 20.0 Å². The third kappa shape index (κ3) is 10.6. The number of carbonyl (C=O) groups excluding carboxylic acids is 2. The van der Waals surface area contributed by atoms with Crippen molar-refractivity contribution in [2.24, 2.45) is 7.05 Å². The monoisotopic (exact) mass is 704 g/mol. The van der Waals surface area contributed by atoms with Gasteiger partial charge in [-0.3, -0.25) is 14.3 Å². The van der Waals surface area contributed by atoms with Crippen LogP contribution in [0.1, 0.15) is 124 Å². The number of ether oxygens (including phenoxy) is 2. The van der Waals surface area contributed by atoms with E-state index >= 15 is 0 Å². The van der Waals surface area contributed by atoms with Crippen LogP contribution in [0.15, 0.2) is 36.5 Å². The number of benzene rings is 2. The fourth-order valence-corrected chi connectivity index (χ4v) is 5.86. The summed E-state index contributed by atoms with van der Waals surface area (Å²) in [6.45, 7) is 30.2. The second-order valence-electron chi connectivity index (χ2n) is 16.7. The van der Waals surface area contributed by atoms with E-state index in [1.165, 1.54) is 25.2 Å². The first kappa shape index (κ1) is 40.2. The molecule has 11 heteroatoms. The summed E-state index contributed by atoms with van der Waals surface area (Å²) in [5.41, 5.74) is 5.14. The number of aryl methyl sites for hydroxylation is 2. The summed E-state index contributed by atoms with van der Waals surface area (Å²) in [4.78, 5) is 23.4. The number of nitrogens with zero attached hydrogens (tertiary/aromatic N) is 4. The maximum absolute atomic E-state index is 11.7. The van der Waals surface area contributed by atoms with Crippen molar-refractivity contribution in [3.8, 4) is 11.5 Å². The normalized spacial score (nSPS) is 12.2. The molecule has 0 saturated carbocycles. The Morgan fingerprint density at radius 2 is 1.04 bits per heavy atom. The molecule has 2 aromatic carbocycles. The van der Waals surface area contributed by atoms with Gasteiger partial charge in [0, 0.05) is 60.6 Å². The van der Waals surface area contributed by atoms with Crippen molar-refractivity contribution >= 4 is 45.6 Å². The number of anilines is 4. The van der Waals surface area contributed by atoms with Gasteiger partial charge in [0.15, 0.2) is 0 Å². The molecule has 272 valence electrons. The zero-order chi connectivity index (χ0) is 38.0. The molecule has 4 rings (SSSR count). The molecule has 0 spiro atoms. The van der Waals surface area contributed by atoms with Crippen molar-refractivity contribution in [3.05, 3.63) is 63.8 Å². The van der Waals surface area contributed by atoms with Crippen LogP contribution in [-0.2, 0) is 38.3 Å². The first-order valence-corrected chi connectivity index (χ1v) is 17.7. The summed E-state index contributed by atoms with van der Waals surface area (Å²) in [6.07, 6.45) is 1.75. The highest BCUT2D eigenvalue weighted by molar-refractivity contribution is 7.15. The summed E-state index contributed by atoms with van der Waals surface area (Å²) in [6, 6.07) is 10.1. The minimum Gasteiger partial charge on any atom is -0.426 e. The van der Waals surface area contributed by atoms with Crippen LogP contribution in [0.4, 0.5) is 22.3 Å². The third-order valence-electron chi connectivity index (χ3n) is 7.77. The maximum Gasteiger partial charge on any atom is 0.308 e. The lowest BCUT2D eigenvalue weighted by atomic mass is 9.79. The van der Waals surface area contributed by atoms with Crippen LogP contribution in [0.5, 0.6) is 11.5 Å². The topological polar surface area (TPSA) is 120 Å². The Labute approximate surface area is 302 Å². The molecule has 2 N–H and O–H groups in total. The number of esters is 2. The average molecular weight is 705 g/mol. The SMILES string of the molecule is CC(=O)Oc1c(C(C)(C)C)cc(Nc2ccnn2C)cc1C(C)(C)C.CC(=O)Oc1c(C(C)(C)C)cc(Nc2nnc(C)s2)cc1C(C)(C)C. The molecule has 0 bridgehead atoms. The zero-order valence-electron chi connectivity index (χ0n) is 32.8. The minimum absolute atomic E-state index is 0.172. The molecule has 0 saturated heterocycles. The Balaban J connectivity index is 0.000000270. The van der Waals surface area contributed by atoms with Gasteiger partial charge in [-0.15, -0.1) is 10.2 Å². The molecule has 2 aromatic heterocycles. The van der Waals surface area contributed by atoms with Crippen molar-refractivity contribution in [3.63, 3.8) is 0 Å². The molecule has 50 heavy (non-hydrogen) atoms. The van der Waals surface area contributed by atoms with Gasteiger partial charge >= 0.3 is 11.9 Å². The Morgan fingerprint density at radius 3 is 1.32 bits per heavy atom. The van der Waals surface area contributed by atoms with E-state index in [0.29, 0.717) is 11.5 Å². The molecule has 0 amide bonds. The Kier molecular flexibility index (Phi) is 12.0. The first-order valence-electron chi connectivity index (χ1n) is 16.8. The highest BCUT2D eigenvalue weighted by Gasteiger charge is 2.30. The molecule has 2 heterocycles. The van der Waals surface area contributed by atoms with E-state index in [-0.39, 0.29) is 33.6 Å². The molecule has 0 fully saturated rings. The van der Waals surface area contributed by atoms with E-state index < -0.39 is 0 Å². The van der Waals surface area contributed by atoms with E-state index in [4.69, 9.17) is 9.47 Å². The van der Waals surface area contributed by atoms with E-state index in [9.17, 15) is 9.59 Å². The molecule has 0 unspecified atom stereocenters. The van der Waals surface area contributed by atoms with Gasteiger partial charge in [-0.05, 0) is 52.8 Å². The number of hydrogen-bond acceptors (Lipinski definition) is 10. The van der Waals surface area contributed by atoms with Crippen molar-refractivity contribution < 1.29 is 19.1 Å². The van der Waals surface area contributed by atoms with Crippen LogP contribution in [-0.4, -0.2) is 31.9 Å². The molecule has 0 aliphatic rings. The van der Waals surface area contributed by atoms with E-state index in [1.54, 1.807) is 10.9 Å². The lowest BCUT2D eigenvalue weighted by molar-refractivity contribution is -0.133. The van der Waals surface area contributed by atoms with Gasteiger partial charge in [0.05, 0.1) is 6.20 Å². The summed E-state index contributed by atoms with van der Waals surface area (Å²) < 4.78 is 13.1. The van der Waals surface area contributed by atoms with Gasteiger partial charge in [0.2, 0.25) is 5.13 Å². The molecule has 0 atom stereocenters. The fraction of sp³-hybridized carbons (Fsp3) is 0.513. The van der Waals surface area contributed by atoms with Gasteiger partial charge in [-0.25, -0.2) is 0 Å². The van der Waals surface area contributed by atoms with Crippen LogP contribution >= 0.6 is 11.3 Å². The van der Waals surface area contributed by atoms with E-state index in [0.717, 1.165) is 49.6 Å². The fourth-order valence-electron chi connectivity index (χ4n) is 5.25. The van der Waals surface area contributed by atoms with Gasteiger partial charge in [-0.2, -0.15) is 5.10 Å². The molecule has 0 aliphatic heterocycles. The highest BCUT2D eigenvalue weighted by Crippen LogP contribution is 2.44. The van der Waals surface area contributed by atoms with Crippen LogP contribution in [0, 0.1) is 6.92 Å². The largest absolute Gasteiger partial charge is 0.426 e. The van der Waals surface area contributed by atoms with Gasteiger partial charge in [-0.1, -0.05) is 94.4 Å². The number of hydrogen-bond donors (Lipinski definition) is 2. The van der Waals surface area contributed by atoms with Gasteiger partial charge in [0.1, 0.15) is 22.3 Å². The smallest absolute Gasteiger partial charge is 0.308 e. The molecular formula is C39H56N6O4S. The number of aromatic nitrogens is 4. The van der Waals surface area contributed by atoms with Crippen LogP contribution < -0.4 is 20.1 Å². The Bertz CT molecular complexity index is 1760. The lowest BCUT2D eigenvalue weighted by Crippen LogP contribution is -2.21. The number of nitrogens with one attached hydrogen (secondary N) is 2. The Hall–Kier alpha value is -4.25. The van der Waals surface area contributed by atoms with Gasteiger partial charge in [0.25, 0.3) is 0 Å². The predicted molar refractivity (Wildman–Crippen MR) is 205 cm³/mol. The van der Waals surface area contributed by atoms with Crippen LogP contribution in [0.25, 0.3) is 0 Å². The number of rotatable bonds is 6. The zero-order valence-corrected chi connectivity index (χ0v) is 33.6. The summed E-state index contributed by atoms with van der Waals surface area (Å²) in [5, 5.41) is 20.8. The van der Waals surface area contributed by atoms with Crippen molar-refractivity contribution in [2.45, 2.75) is 126 Å². The highest BCUT2D eigenvalue weighted by atomic mass is 32.1. The molecule has 4 aromatic rings. The Morgan fingerprint density at radius 1 is 0.660 bits per heavy atom. The van der Waals surface area contributed by atoms with Crippen molar-refractivity contribution in [1.29, 1.82) is 0 Å². The van der Waals surface area contributed by atoms with Gasteiger partial charge < -0.3 is 20.1 Å². The second-order valence-corrected chi connectivity index (χ2v) is 17.9. The van der Waals surface area contributed by atoms with E-state index in [1.807, 2.05) is 32.2 Å². The predicted octanol–water partition coefficient (Wildman–Crippen LogP) is 9.79. The minimum atomic E-state index is -0.309. The first-order chi connectivity index (χ1) is 22.8. The van der Waals surface area contributed by atoms with Crippen LogP contribution in [0.2, 0.25) is 0 Å². The third-order valence-corrected chi connectivity index (χ3v) is 8.53. The lowest BCUT2D eigenvalue weighted by Gasteiger charge is -2.30. The summed E-state index contributed by atoms with van der Waals surface area (Å²) in [5.74, 6) is 1.62. The van der Waals surface area contributed by atoms with Crippen molar-refractivity contribution in [2.75, 3.05) is 10.6 Å². The second kappa shape index (κ2) is 14.9. The van der Waals surface area contributed by atoms with E-state index in [2.05, 4.69) is 121 Å². The van der Waals surface area contributed by atoms with Crippen LogP contribution in [0.3, 0.4) is 0 Å².